The lowest BCUT2D eigenvalue weighted by Gasteiger charge is -2.28. The van der Waals surface area contributed by atoms with E-state index in [1.54, 1.807) is 0 Å². The van der Waals surface area contributed by atoms with Crippen LogP contribution in [0.5, 0.6) is 0 Å². The zero-order chi connectivity index (χ0) is 16.7. The Balaban J connectivity index is 1.80. The topological polar surface area (TPSA) is 50.1 Å². The molecule has 2 fully saturated rings. The van der Waals surface area contributed by atoms with Crippen molar-refractivity contribution in [2.75, 3.05) is 19.7 Å². The molecule has 1 aliphatic heterocycles. The lowest BCUT2D eigenvalue weighted by atomic mass is 9.76. The normalized spacial score (nSPS) is 28.2. The number of hydrogen-bond donors (Lipinski definition) is 2. The lowest BCUT2D eigenvalue weighted by molar-refractivity contribution is 0.144. The predicted octanol–water partition coefficient (Wildman–Crippen LogP) is 3.40. The Bertz CT molecular complexity index is 732. The molecule has 1 aromatic carbocycles. The highest BCUT2D eigenvalue weighted by molar-refractivity contribution is 5.83. The van der Waals surface area contributed by atoms with Crippen LogP contribution in [0.1, 0.15) is 62.7 Å². The first-order chi connectivity index (χ1) is 11.7. The summed E-state index contributed by atoms with van der Waals surface area (Å²) >= 11 is 0. The van der Waals surface area contributed by atoms with E-state index in [9.17, 15) is 5.11 Å². The molecule has 1 aromatic heterocycles. The molecule has 2 heterocycles. The maximum absolute atomic E-state index is 9.88. The average molecular weight is 327 g/mol. The number of aryl methyl sites for hydroxylation is 1. The van der Waals surface area contributed by atoms with Gasteiger partial charge in [-0.2, -0.15) is 5.10 Å². The summed E-state index contributed by atoms with van der Waals surface area (Å²) in [5, 5.41) is 19.6. The zero-order valence-corrected chi connectivity index (χ0v) is 14.9. The minimum Gasteiger partial charge on any atom is -0.396 e. The Morgan fingerprint density at radius 3 is 2.83 bits per heavy atom. The van der Waals surface area contributed by atoms with Gasteiger partial charge in [0.05, 0.1) is 23.9 Å². The van der Waals surface area contributed by atoms with Crippen LogP contribution in [-0.4, -0.2) is 34.6 Å². The van der Waals surface area contributed by atoms with E-state index in [1.807, 2.05) is 0 Å². The van der Waals surface area contributed by atoms with Crippen LogP contribution in [0.25, 0.3) is 10.9 Å². The van der Waals surface area contributed by atoms with Crippen LogP contribution in [0.15, 0.2) is 18.2 Å². The fourth-order valence-corrected chi connectivity index (χ4v) is 4.68. The standard InChI is InChI=1S/C20H29N3O/c1-3-18-16-9-8-14(17-11-21-12-20(17,2)13-24)10-19(16)23(22-18)15-6-4-5-7-15/h8-10,15,17,21,24H,3-7,11-13H2,1-2H3/t17?,20-/m0/s1. The molecular formula is C20H29N3O. The minimum atomic E-state index is -0.0700. The lowest BCUT2D eigenvalue weighted by Crippen LogP contribution is -2.29. The zero-order valence-electron chi connectivity index (χ0n) is 14.9. The molecule has 1 aliphatic carbocycles. The first-order valence-corrected chi connectivity index (χ1v) is 9.49. The number of hydrogen-bond acceptors (Lipinski definition) is 3. The summed E-state index contributed by atoms with van der Waals surface area (Å²) in [6.07, 6.45) is 6.13. The molecule has 1 saturated heterocycles. The second kappa shape index (κ2) is 6.16. The number of aliphatic hydroxyl groups excluding tert-OH is 1. The molecule has 4 rings (SSSR count). The monoisotopic (exact) mass is 327 g/mol. The van der Waals surface area contributed by atoms with Gasteiger partial charge in [-0.3, -0.25) is 4.68 Å². The Morgan fingerprint density at radius 2 is 2.12 bits per heavy atom. The number of aliphatic hydroxyl groups is 1. The van der Waals surface area contributed by atoms with Gasteiger partial charge >= 0.3 is 0 Å². The van der Waals surface area contributed by atoms with E-state index in [2.05, 4.69) is 42.0 Å². The summed E-state index contributed by atoms with van der Waals surface area (Å²) in [7, 11) is 0. The molecule has 0 bridgehead atoms. The molecule has 2 atom stereocenters. The summed E-state index contributed by atoms with van der Waals surface area (Å²) in [4.78, 5) is 0. The van der Waals surface area contributed by atoms with Crippen LogP contribution in [0.3, 0.4) is 0 Å². The average Bonchev–Trinajstić information content (AvgIpc) is 3.32. The molecule has 1 saturated carbocycles. The highest BCUT2D eigenvalue weighted by Crippen LogP contribution is 2.40. The number of nitrogens with one attached hydrogen (secondary N) is 1. The summed E-state index contributed by atoms with van der Waals surface area (Å²) in [5.41, 5.74) is 3.78. The van der Waals surface area contributed by atoms with Crippen molar-refractivity contribution in [3.63, 3.8) is 0 Å². The first-order valence-electron chi connectivity index (χ1n) is 9.49. The Kier molecular flexibility index (Phi) is 4.13. The molecule has 24 heavy (non-hydrogen) atoms. The summed E-state index contributed by atoms with van der Waals surface area (Å²) < 4.78 is 2.31. The van der Waals surface area contributed by atoms with E-state index in [-0.39, 0.29) is 12.0 Å². The van der Waals surface area contributed by atoms with E-state index in [1.165, 1.54) is 47.8 Å². The third-order valence-electron chi connectivity index (χ3n) is 6.30. The number of aromatic nitrogens is 2. The van der Waals surface area contributed by atoms with Gasteiger partial charge in [0.2, 0.25) is 0 Å². The van der Waals surface area contributed by atoms with E-state index in [0.717, 1.165) is 19.5 Å². The fourth-order valence-electron chi connectivity index (χ4n) is 4.68. The van der Waals surface area contributed by atoms with Gasteiger partial charge in [0.1, 0.15) is 0 Å². The van der Waals surface area contributed by atoms with E-state index in [4.69, 9.17) is 5.10 Å². The Morgan fingerprint density at radius 1 is 1.33 bits per heavy atom. The van der Waals surface area contributed by atoms with Gasteiger partial charge < -0.3 is 10.4 Å². The van der Waals surface area contributed by atoms with Crippen molar-refractivity contribution in [1.29, 1.82) is 0 Å². The van der Waals surface area contributed by atoms with Gasteiger partial charge in [-0.25, -0.2) is 0 Å². The molecule has 0 radical (unpaired) electrons. The van der Waals surface area contributed by atoms with Crippen LogP contribution < -0.4 is 5.32 Å². The van der Waals surface area contributed by atoms with E-state index < -0.39 is 0 Å². The summed E-state index contributed by atoms with van der Waals surface area (Å²) in [6.45, 7) is 6.44. The van der Waals surface area contributed by atoms with E-state index in [0.29, 0.717) is 12.0 Å². The molecule has 130 valence electrons. The van der Waals surface area contributed by atoms with Crippen molar-refractivity contribution in [2.24, 2.45) is 5.41 Å². The highest BCUT2D eigenvalue weighted by atomic mass is 16.3. The van der Waals surface area contributed by atoms with Crippen molar-refractivity contribution < 1.29 is 5.11 Å². The molecule has 1 unspecified atom stereocenters. The second-order valence-electron chi connectivity index (χ2n) is 7.96. The third-order valence-corrected chi connectivity index (χ3v) is 6.30. The van der Waals surface area contributed by atoms with Crippen molar-refractivity contribution in [3.05, 3.63) is 29.5 Å². The van der Waals surface area contributed by atoms with Gasteiger partial charge in [0.25, 0.3) is 0 Å². The van der Waals surface area contributed by atoms with Crippen molar-refractivity contribution in [3.8, 4) is 0 Å². The van der Waals surface area contributed by atoms with Gasteiger partial charge in [-0.05, 0) is 30.9 Å². The van der Waals surface area contributed by atoms with Crippen LogP contribution >= 0.6 is 0 Å². The SMILES string of the molecule is CCc1nn(C2CCCC2)c2cc(C3CNC[C@@]3(C)CO)ccc12. The van der Waals surface area contributed by atoms with Crippen LogP contribution in [0.2, 0.25) is 0 Å². The summed E-state index contributed by atoms with van der Waals surface area (Å²) in [6, 6.07) is 7.44. The van der Waals surface area contributed by atoms with Crippen molar-refractivity contribution in [1.82, 2.24) is 15.1 Å². The first kappa shape index (κ1) is 16.1. The molecule has 4 heteroatoms. The van der Waals surface area contributed by atoms with E-state index >= 15 is 0 Å². The van der Waals surface area contributed by atoms with Gasteiger partial charge in [-0.15, -0.1) is 0 Å². The Hall–Kier alpha value is -1.39. The van der Waals surface area contributed by atoms with Crippen molar-refractivity contribution in [2.45, 2.75) is 57.9 Å². The quantitative estimate of drug-likeness (QED) is 0.905. The molecule has 0 amide bonds. The van der Waals surface area contributed by atoms with Crippen LogP contribution in [-0.2, 0) is 6.42 Å². The minimum absolute atomic E-state index is 0.0700. The second-order valence-corrected chi connectivity index (χ2v) is 7.96. The molecule has 4 nitrogen and oxygen atoms in total. The Labute approximate surface area is 144 Å². The van der Waals surface area contributed by atoms with Crippen LogP contribution in [0, 0.1) is 5.41 Å². The molecule has 2 aromatic rings. The maximum Gasteiger partial charge on any atom is 0.0700 e. The number of benzene rings is 1. The van der Waals surface area contributed by atoms with Gasteiger partial charge in [-0.1, -0.05) is 38.8 Å². The smallest absolute Gasteiger partial charge is 0.0700 e. The summed E-state index contributed by atoms with van der Waals surface area (Å²) in [5.74, 6) is 0.365. The van der Waals surface area contributed by atoms with Gasteiger partial charge in [0, 0.05) is 29.8 Å². The number of fused-ring (bicyclic) bond motifs is 1. The highest BCUT2D eigenvalue weighted by Gasteiger charge is 2.39. The van der Waals surface area contributed by atoms with Crippen LogP contribution in [0.4, 0.5) is 0 Å². The predicted molar refractivity (Wildman–Crippen MR) is 97.4 cm³/mol. The number of nitrogens with zero attached hydrogens (tertiary/aromatic N) is 2. The third kappa shape index (κ3) is 2.47. The molecule has 2 N–H and O–H groups in total. The fraction of sp³-hybridized carbons (Fsp3) is 0.650. The maximum atomic E-state index is 9.88. The largest absolute Gasteiger partial charge is 0.396 e. The van der Waals surface area contributed by atoms with Crippen molar-refractivity contribution >= 4 is 10.9 Å². The number of rotatable bonds is 4. The molecule has 2 aliphatic rings. The molecular weight excluding hydrogens is 298 g/mol. The molecule has 0 spiro atoms. The van der Waals surface area contributed by atoms with Gasteiger partial charge in [0.15, 0.2) is 0 Å².